The highest BCUT2D eigenvalue weighted by molar-refractivity contribution is 5.79. The van der Waals surface area contributed by atoms with Gasteiger partial charge in [-0.25, -0.2) is 4.39 Å². The van der Waals surface area contributed by atoms with Crippen molar-refractivity contribution in [3.63, 3.8) is 0 Å². The number of hydrogen-bond donors (Lipinski definition) is 3. The van der Waals surface area contributed by atoms with E-state index in [1.807, 2.05) is 17.4 Å². The fraction of sp³-hybridized carbons (Fsp3) is 0.500. The molecule has 33 heavy (non-hydrogen) atoms. The molecule has 2 aliphatic rings. The number of rotatable bonds is 8. The van der Waals surface area contributed by atoms with Gasteiger partial charge in [-0.1, -0.05) is 30.3 Å². The quantitative estimate of drug-likeness (QED) is 0.563. The topological polar surface area (TPSA) is 77.5 Å². The first-order valence-electron chi connectivity index (χ1n) is 11.2. The van der Waals surface area contributed by atoms with Gasteiger partial charge in [0.2, 0.25) is 0 Å². The molecule has 178 valence electrons. The maximum atomic E-state index is 13.2. The van der Waals surface area contributed by atoms with Crippen LogP contribution >= 0.6 is 0 Å². The Kier molecular flexibility index (Phi) is 7.31. The van der Waals surface area contributed by atoms with Crippen molar-refractivity contribution in [2.45, 2.75) is 38.0 Å². The lowest BCUT2D eigenvalue weighted by atomic mass is 9.72. The Morgan fingerprint density at radius 1 is 1.12 bits per heavy atom. The van der Waals surface area contributed by atoms with Gasteiger partial charge in [-0.2, -0.15) is 8.78 Å². The molecular formula is C24H29F3N4O2. The third-order valence-corrected chi connectivity index (χ3v) is 6.65. The minimum atomic E-state index is -3.27. The highest BCUT2D eigenvalue weighted by Crippen LogP contribution is 2.39. The second-order valence-corrected chi connectivity index (χ2v) is 9.07. The second-order valence-electron chi connectivity index (χ2n) is 9.07. The third-order valence-electron chi connectivity index (χ3n) is 6.65. The molecule has 0 unspecified atom stereocenters. The van der Waals surface area contributed by atoms with Crippen LogP contribution in [0.4, 0.5) is 13.2 Å². The number of aromatic nitrogens is 1. The summed E-state index contributed by atoms with van der Waals surface area (Å²) in [6.07, 6.45) is -0.423. The SMILES string of the molecule is O=C(N[C@H](CF)[C@H](O)c1ccc(-c2ccc(CN3CC4(CCNCC4)C3)nc2)cc1)C(F)F. The Hall–Kier alpha value is -2.49. The minimum absolute atomic E-state index is 0.324. The number of aliphatic hydroxyl groups is 1. The van der Waals surface area contributed by atoms with Gasteiger partial charge in [0.05, 0.1) is 11.7 Å². The number of likely N-dealkylation sites (tertiary alicyclic amines) is 1. The van der Waals surface area contributed by atoms with Crippen molar-refractivity contribution in [1.29, 1.82) is 0 Å². The molecule has 0 bridgehead atoms. The Balaban J connectivity index is 1.33. The summed E-state index contributed by atoms with van der Waals surface area (Å²) in [5.41, 5.74) is 3.57. The third kappa shape index (κ3) is 5.54. The molecule has 3 heterocycles. The fourth-order valence-corrected chi connectivity index (χ4v) is 4.76. The van der Waals surface area contributed by atoms with Crippen LogP contribution < -0.4 is 10.6 Å². The molecule has 1 aromatic heterocycles. The van der Waals surface area contributed by atoms with Gasteiger partial charge in [0.15, 0.2) is 0 Å². The predicted octanol–water partition coefficient (Wildman–Crippen LogP) is 2.69. The lowest BCUT2D eigenvalue weighted by Gasteiger charge is -2.52. The molecule has 9 heteroatoms. The summed E-state index contributed by atoms with van der Waals surface area (Å²) in [7, 11) is 0. The summed E-state index contributed by atoms with van der Waals surface area (Å²) in [6, 6.07) is 9.22. The van der Waals surface area contributed by atoms with E-state index in [2.05, 4.69) is 15.2 Å². The highest BCUT2D eigenvalue weighted by atomic mass is 19.3. The van der Waals surface area contributed by atoms with Gasteiger partial charge in [0, 0.05) is 31.4 Å². The number of benzene rings is 1. The van der Waals surface area contributed by atoms with E-state index >= 15 is 0 Å². The van der Waals surface area contributed by atoms with Crippen LogP contribution in [0.2, 0.25) is 0 Å². The molecule has 1 amide bonds. The Labute approximate surface area is 191 Å². The van der Waals surface area contributed by atoms with E-state index in [1.54, 1.807) is 30.5 Å². The molecule has 2 aromatic rings. The first-order chi connectivity index (χ1) is 15.9. The molecule has 2 aliphatic heterocycles. The molecule has 0 radical (unpaired) electrons. The van der Waals surface area contributed by atoms with Crippen molar-refractivity contribution in [2.24, 2.45) is 5.41 Å². The van der Waals surface area contributed by atoms with E-state index < -0.39 is 31.2 Å². The predicted molar refractivity (Wildman–Crippen MR) is 118 cm³/mol. The van der Waals surface area contributed by atoms with Crippen LogP contribution in [0.15, 0.2) is 42.6 Å². The first kappa shape index (κ1) is 23.7. The summed E-state index contributed by atoms with van der Waals surface area (Å²) in [6.45, 7) is 4.13. The highest BCUT2D eigenvalue weighted by Gasteiger charge is 2.43. The number of nitrogens with zero attached hydrogens (tertiary/aromatic N) is 2. The van der Waals surface area contributed by atoms with Gasteiger partial charge in [-0.15, -0.1) is 0 Å². The number of carbonyl (C=O) groups excluding carboxylic acids is 1. The Bertz CT molecular complexity index is 926. The Morgan fingerprint density at radius 2 is 1.79 bits per heavy atom. The zero-order chi connectivity index (χ0) is 23.4. The summed E-state index contributed by atoms with van der Waals surface area (Å²) in [5.74, 6) is -1.61. The number of amides is 1. The minimum Gasteiger partial charge on any atom is -0.386 e. The lowest BCUT2D eigenvalue weighted by molar-refractivity contribution is -0.133. The molecule has 6 nitrogen and oxygen atoms in total. The number of piperidine rings is 1. The standard InChI is InChI=1S/C24H29F3N4O2/c25-11-20(30-23(33)22(26)27)21(32)17-3-1-16(2-4-17)18-5-6-19(29-12-18)13-31-14-24(15-31)7-9-28-10-8-24/h1-6,12,20-22,28,32H,7-11,13-15H2,(H,30,33)/t20-,21-/m1/s1. The van der Waals surface area contributed by atoms with Gasteiger partial charge < -0.3 is 15.7 Å². The molecule has 1 aromatic carbocycles. The van der Waals surface area contributed by atoms with Crippen molar-refractivity contribution in [3.8, 4) is 11.1 Å². The number of aliphatic hydroxyl groups excluding tert-OH is 1. The summed E-state index contributed by atoms with van der Waals surface area (Å²) < 4.78 is 38.0. The van der Waals surface area contributed by atoms with E-state index in [9.17, 15) is 23.1 Å². The first-order valence-corrected chi connectivity index (χ1v) is 11.2. The summed E-state index contributed by atoms with van der Waals surface area (Å²) >= 11 is 0. The van der Waals surface area contributed by atoms with E-state index in [1.165, 1.54) is 12.8 Å². The number of pyridine rings is 1. The zero-order valence-electron chi connectivity index (χ0n) is 18.3. The summed E-state index contributed by atoms with van der Waals surface area (Å²) in [4.78, 5) is 18.1. The molecule has 3 N–H and O–H groups in total. The van der Waals surface area contributed by atoms with Crippen molar-refractivity contribution in [2.75, 3.05) is 32.9 Å². The monoisotopic (exact) mass is 462 g/mol. The van der Waals surface area contributed by atoms with Crippen molar-refractivity contribution < 1.29 is 23.1 Å². The van der Waals surface area contributed by atoms with Gasteiger partial charge in [-0.05, 0) is 48.5 Å². The summed E-state index contributed by atoms with van der Waals surface area (Å²) in [5, 5.41) is 15.5. The number of hydrogen-bond acceptors (Lipinski definition) is 5. The van der Waals surface area contributed by atoms with E-state index in [0.29, 0.717) is 11.0 Å². The van der Waals surface area contributed by atoms with E-state index in [-0.39, 0.29) is 0 Å². The van der Waals surface area contributed by atoms with Crippen molar-refractivity contribution in [3.05, 3.63) is 53.9 Å². The van der Waals surface area contributed by atoms with Gasteiger partial charge in [-0.3, -0.25) is 14.7 Å². The molecule has 0 saturated carbocycles. The van der Waals surface area contributed by atoms with Gasteiger partial charge in [0.1, 0.15) is 12.8 Å². The van der Waals surface area contributed by atoms with Crippen molar-refractivity contribution >= 4 is 5.91 Å². The Morgan fingerprint density at radius 3 is 2.36 bits per heavy atom. The number of carbonyl (C=O) groups is 1. The molecule has 1 spiro atoms. The van der Waals surface area contributed by atoms with Crippen LogP contribution in [0.25, 0.3) is 11.1 Å². The van der Waals surface area contributed by atoms with Crippen LogP contribution in [0.5, 0.6) is 0 Å². The van der Waals surface area contributed by atoms with E-state index in [4.69, 9.17) is 0 Å². The zero-order valence-corrected chi connectivity index (χ0v) is 18.3. The fourth-order valence-electron chi connectivity index (χ4n) is 4.76. The van der Waals surface area contributed by atoms with Crippen LogP contribution in [-0.2, 0) is 11.3 Å². The molecule has 0 aliphatic carbocycles. The van der Waals surface area contributed by atoms with Gasteiger partial charge >= 0.3 is 6.43 Å². The van der Waals surface area contributed by atoms with Crippen LogP contribution in [-0.4, -0.2) is 66.2 Å². The van der Waals surface area contributed by atoms with Crippen LogP contribution in [0.1, 0.15) is 30.2 Å². The average Bonchev–Trinajstić information content (AvgIpc) is 2.82. The average molecular weight is 463 g/mol. The molecule has 2 saturated heterocycles. The second kappa shape index (κ2) is 10.2. The smallest absolute Gasteiger partial charge is 0.315 e. The van der Waals surface area contributed by atoms with E-state index in [0.717, 1.165) is 49.5 Å². The maximum Gasteiger partial charge on any atom is 0.315 e. The normalized spacial score (nSPS) is 19.8. The van der Waals surface area contributed by atoms with Crippen LogP contribution in [0, 0.1) is 5.41 Å². The van der Waals surface area contributed by atoms with Crippen LogP contribution in [0.3, 0.4) is 0 Å². The molecule has 2 atom stereocenters. The largest absolute Gasteiger partial charge is 0.386 e. The lowest BCUT2D eigenvalue weighted by Crippen LogP contribution is -2.59. The maximum absolute atomic E-state index is 13.2. The number of nitrogens with one attached hydrogen (secondary N) is 2. The number of halogens is 3. The van der Waals surface area contributed by atoms with Crippen molar-refractivity contribution in [1.82, 2.24) is 20.5 Å². The number of alkyl halides is 3. The van der Waals surface area contributed by atoms with Gasteiger partial charge in [0.25, 0.3) is 5.91 Å². The molecular weight excluding hydrogens is 433 g/mol. The molecule has 4 rings (SSSR count). The molecule has 2 fully saturated rings.